The highest BCUT2D eigenvalue weighted by molar-refractivity contribution is 7.98. The maximum absolute atomic E-state index is 6.05. The summed E-state index contributed by atoms with van der Waals surface area (Å²) in [6.07, 6.45) is 0. The van der Waals surface area contributed by atoms with Crippen molar-refractivity contribution >= 4 is 28.8 Å². The Kier molecular flexibility index (Phi) is 3.75. The Hall–Kier alpha value is -1.79. The third kappa shape index (κ3) is 2.71. The van der Waals surface area contributed by atoms with Gasteiger partial charge < -0.3 is 10.3 Å². The quantitative estimate of drug-likeness (QED) is 0.583. The molecule has 0 fully saturated rings. The number of anilines is 1. The van der Waals surface area contributed by atoms with Gasteiger partial charge >= 0.3 is 0 Å². The molecule has 0 bridgehead atoms. The first-order chi connectivity index (χ1) is 9.74. The lowest BCUT2D eigenvalue weighted by molar-refractivity contribution is 0.426. The highest BCUT2D eigenvalue weighted by Gasteiger charge is 2.10. The van der Waals surface area contributed by atoms with E-state index in [4.69, 9.17) is 10.3 Å². The summed E-state index contributed by atoms with van der Waals surface area (Å²) < 4.78 is 5.26. The maximum Gasteiger partial charge on any atom is 0.268 e. The largest absolute Gasteiger partial charge is 0.398 e. The molecular weight excluding hydrogens is 290 g/mol. The Morgan fingerprint density at radius 2 is 2.20 bits per heavy atom. The van der Waals surface area contributed by atoms with Gasteiger partial charge in [0, 0.05) is 10.6 Å². The van der Waals surface area contributed by atoms with Crippen molar-refractivity contribution in [1.29, 1.82) is 0 Å². The van der Waals surface area contributed by atoms with Crippen molar-refractivity contribution in [3.8, 4) is 10.8 Å². The van der Waals surface area contributed by atoms with Gasteiger partial charge in [0.05, 0.1) is 10.6 Å². The lowest BCUT2D eigenvalue weighted by Crippen LogP contribution is -1.93. The molecule has 2 N–H and O–H groups in total. The molecule has 6 heteroatoms. The van der Waals surface area contributed by atoms with Crippen LogP contribution >= 0.6 is 23.1 Å². The van der Waals surface area contributed by atoms with Gasteiger partial charge in [-0.2, -0.15) is 4.98 Å². The summed E-state index contributed by atoms with van der Waals surface area (Å²) in [4.78, 5) is 6.43. The molecule has 20 heavy (non-hydrogen) atoms. The Morgan fingerprint density at radius 1 is 1.30 bits per heavy atom. The zero-order chi connectivity index (χ0) is 13.9. The molecule has 102 valence electrons. The van der Waals surface area contributed by atoms with Gasteiger partial charge in [-0.1, -0.05) is 23.4 Å². The summed E-state index contributed by atoms with van der Waals surface area (Å²) in [5, 5.41) is 5.99. The average molecular weight is 303 g/mol. The van der Waals surface area contributed by atoms with Crippen LogP contribution in [0.15, 0.2) is 45.1 Å². The predicted octanol–water partition coefficient (Wildman–Crippen LogP) is 3.98. The lowest BCUT2D eigenvalue weighted by Gasteiger charge is -2.05. The molecule has 0 radical (unpaired) electrons. The first kappa shape index (κ1) is 13.2. The molecule has 1 aromatic carbocycles. The van der Waals surface area contributed by atoms with E-state index < -0.39 is 0 Å². The molecule has 0 aliphatic carbocycles. The van der Waals surface area contributed by atoms with Crippen LogP contribution in [-0.2, 0) is 5.75 Å². The van der Waals surface area contributed by atoms with Crippen LogP contribution in [0.2, 0.25) is 0 Å². The number of aromatic nitrogens is 2. The number of rotatable bonds is 4. The van der Waals surface area contributed by atoms with Gasteiger partial charge in [0.1, 0.15) is 0 Å². The fourth-order valence-electron chi connectivity index (χ4n) is 1.73. The summed E-state index contributed by atoms with van der Waals surface area (Å²) in [5.41, 5.74) is 7.95. The second-order valence-corrected chi connectivity index (χ2v) is 6.23. The van der Waals surface area contributed by atoms with Crippen molar-refractivity contribution in [3.63, 3.8) is 0 Å². The molecule has 0 aliphatic rings. The van der Waals surface area contributed by atoms with Crippen LogP contribution in [-0.4, -0.2) is 10.1 Å². The van der Waals surface area contributed by atoms with Crippen LogP contribution in [0.5, 0.6) is 0 Å². The number of thiophene rings is 1. The Morgan fingerprint density at radius 3 is 3.00 bits per heavy atom. The van der Waals surface area contributed by atoms with Crippen molar-refractivity contribution in [1.82, 2.24) is 10.1 Å². The van der Waals surface area contributed by atoms with Gasteiger partial charge in [-0.15, -0.1) is 23.1 Å². The lowest BCUT2D eigenvalue weighted by atomic mass is 10.2. The van der Waals surface area contributed by atoms with Gasteiger partial charge in [-0.3, -0.25) is 0 Å². The van der Waals surface area contributed by atoms with Gasteiger partial charge in [0.25, 0.3) is 5.89 Å². The van der Waals surface area contributed by atoms with E-state index in [1.165, 1.54) is 0 Å². The van der Waals surface area contributed by atoms with Crippen LogP contribution in [0.25, 0.3) is 10.8 Å². The monoisotopic (exact) mass is 303 g/mol. The molecule has 3 rings (SSSR count). The summed E-state index contributed by atoms with van der Waals surface area (Å²) >= 11 is 3.20. The van der Waals surface area contributed by atoms with E-state index in [9.17, 15) is 0 Å². The highest BCUT2D eigenvalue weighted by atomic mass is 32.2. The minimum atomic E-state index is 0.577. The third-order valence-corrected chi connectivity index (χ3v) is 4.77. The molecule has 0 saturated carbocycles. The molecule has 0 spiro atoms. The Balaban J connectivity index is 1.71. The van der Waals surface area contributed by atoms with E-state index in [0.29, 0.717) is 17.5 Å². The van der Waals surface area contributed by atoms with Crippen LogP contribution < -0.4 is 5.73 Å². The van der Waals surface area contributed by atoms with Crippen LogP contribution in [0, 0.1) is 6.92 Å². The van der Waals surface area contributed by atoms with E-state index in [0.717, 1.165) is 21.0 Å². The normalized spacial score (nSPS) is 10.8. The molecule has 0 amide bonds. The number of hydrogen-bond donors (Lipinski definition) is 1. The minimum Gasteiger partial charge on any atom is -0.398 e. The van der Waals surface area contributed by atoms with E-state index in [1.807, 2.05) is 42.6 Å². The number of nitrogen functional groups attached to an aromatic ring is 1. The Labute approximate surface area is 125 Å². The Bertz CT molecular complexity index is 707. The van der Waals surface area contributed by atoms with E-state index in [1.54, 1.807) is 23.1 Å². The zero-order valence-corrected chi connectivity index (χ0v) is 12.5. The molecule has 4 nitrogen and oxygen atoms in total. The number of aryl methyl sites for hydroxylation is 1. The van der Waals surface area contributed by atoms with Crippen molar-refractivity contribution in [2.45, 2.75) is 17.6 Å². The van der Waals surface area contributed by atoms with Crippen LogP contribution in [0.1, 0.15) is 11.4 Å². The first-order valence-corrected chi connectivity index (χ1v) is 7.95. The zero-order valence-electron chi connectivity index (χ0n) is 10.9. The molecule has 0 saturated heterocycles. The molecular formula is C14H13N3OS2. The standard InChI is InChI=1S/C14H13N3OS2/c1-9-4-2-5-10(13(9)15)20-8-12-16-14(18-17-12)11-6-3-7-19-11/h2-7H,8,15H2,1H3. The SMILES string of the molecule is Cc1cccc(SCc2noc(-c3cccs3)n2)c1N. The van der Waals surface area contributed by atoms with Gasteiger partial charge in [0.2, 0.25) is 0 Å². The highest BCUT2D eigenvalue weighted by Crippen LogP contribution is 2.30. The molecule has 2 heterocycles. The number of benzene rings is 1. The molecule has 0 unspecified atom stereocenters. The van der Waals surface area contributed by atoms with Gasteiger partial charge in [-0.05, 0) is 30.0 Å². The second kappa shape index (κ2) is 5.68. The van der Waals surface area contributed by atoms with E-state index >= 15 is 0 Å². The fourth-order valence-corrected chi connectivity index (χ4v) is 3.27. The van der Waals surface area contributed by atoms with Crippen molar-refractivity contribution in [2.24, 2.45) is 0 Å². The van der Waals surface area contributed by atoms with Crippen molar-refractivity contribution in [3.05, 3.63) is 47.1 Å². The summed E-state index contributed by atoms with van der Waals surface area (Å²) in [5.74, 6) is 1.90. The number of para-hydroxylation sites is 1. The van der Waals surface area contributed by atoms with Gasteiger partial charge in [-0.25, -0.2) is 0 Å². The molecule has 0 aliphatic heterocycles. The summed E-state index contributed by atoms with van der Waals surface area (Å²) in [7, 11) is 0. The molecule has 2 aromatic heterocycles. The fraction of sp³-hybridized carbons (Fsp3) is 0.143. The number of hydrogen-bond acceptors (Lipinski definition) is 6. The summed E-state index contributed by atoms with van der Waals surface area (Å²) in [6.45, 7) is 2.00. The van der Waals surface area contributed by atoms with Crippen LogP contribution in [0.4, 0.5) is 5.69 Å². The number of nitrogens with two attached hydrogens (primary N) is 1. The van der Waals surface area contributed by atoms with E-state index in [-0.39, 0.29) is 0 Å². The molecule has 0 atom stereocenters. The van der Waals surface area contributed by atoms with Crippen molar-refractivity contribution < 1.29 is 4.52 Å². The first-order valence-electron chi connectivity index (χ1n) is 6.08. The minimum absolute atomic E-state index is 0.577. The topological polar surface area (TPSA) is 64.9 Å². The van der Waals surface area contributed by atoms with Crippen molar-refractivity contribution in [2.75, 3.05) is 5.73 Å². The number of thioether (sulfide) groups is 1. The predicted molar refractivity (Wildman–Crippen MR) is 82.8 cm³/mol. The maximum atomic E-state index is 6.05. The van der Waals surface area contributed by atoms with E-state index in [2.05, 4.69) is 10.1 Å². The smallest absolute Gasteiger partial charge is 0.268 e. The second-order valence-electron chi connectivity index (χ2n) is 4.27. The summed E-state index contributed by atoms with van der Waals surface area (Å²) in [6, 6.07) is 9.94. The molecule has 3 aromatic rings. The third-order valence-electron chi connectivity index (χ3n) is 2.84. The average Bonchev–Trinajstić information content (AvgIpc) is 3.10. The van der Waals surface area contributed by atoms with Crippen LogP contribution in [0.3, 0.4) is 0 Å². The van der Waals surface area contributed by atoms with Gasteiger partial charge in [0.15, 0.2) is 5.82 Å². The number of nitrogens with zero attached hydrogens (tertiary/aromatic N) is 2.